The van der Waals surface area contributed by atoms with Crippen molar-refractivity contribution in [1.82, 2.24) is 5.32 Å². The van der Waals surface area contributed by atoms with Crippen LogP contribution in [0.1, 0.15) is 32.6 Å². The van der Waals surface area contributed by atoms with Gasteiger partial charge in [-0.25, -0.2) is 0 Å². The van der Waals surface area contributed by atoms with Gasteiger partial charge < -0.3 is 15.8 Å². The Kier molecular flexibility index (Phi) is 5.65. The largest absolute Gasteiger partial charge is 0.378 e. The molecule has 1 rings (SSSR count). The van der Waals surface area contributed by atoms with Crippen LogP contribution >= 0.6 is 0 Å². The summed E-state index contributed by atoms with van der Waals surface area (Å²) < 4.78 is 5.47. The molecule has 0 radical (unpaired) electrons. The second-order valence-electron chi connectivity index (χ2n) is 4.19. The first-order chi connectivity index (χ1) is 7.24. The zero-order chi connectivity index (χ0) is 11.1. The molecule has 1 heterocycles. The van der Waals surface area contributed by atoms with Crippen LogP contribution < -0.4 is 11.1 Å². The first kappa shape index (κ1) is 12.5. The summed E-state index contributed by atoms with van der Waals surface area (Å²) in [4.78, 5) is 11.5. The zero-order valence-corrected chi connectivity index (χ0v) is 9.50. The number of rotatable bonds is 6. The molecule has 2 unspecified atom stereocenters. The Morgan fingerprint density at radius 1 is 1.67 bits per heavy atom. The van der Waals surface area contributed by atoms with Crippen molar-refractivity contribution in [3.8, 4) is 0 Å². The quantitative estimate of drug-likeness (QED) is 0.682. The summed E-state index contributed by atoms with van der Waals surface area (Å²) in [5.74, 6) is 0.137. The predicted octanol–water partition coefficient (Wildman–Crippen LogP) is 0.657. The molecule has 0 spiro atoms. The van der Waals surface area contributed by atoms with Gasteiger partial charge in [0, 0.05) is 19.1 Å². The molecule has 0 aromatic rings. The maximum absolute atomic E-state index is 11.5. The van der Waals surface area contributed by atoms with Crippen LogP contribution in [-0.2, 0) is 9.53 Å². The third-order valence-electron chi connectivity index (χ3n) is 2.84. The molecule has 1 amide bonds. The van der Waals surface area contributed by atoms with Crippen LogP contribution in [-0.4, -0.2) is 31.7 Å². The highest BCUT2D eigenvalue weighted by molar-refractivity contribution is 5.78. The van der Waals surface area contributed by atoms with Crippen LogP contribution in [0.5, 0.6) is 0 Å². The summed E-state index contributed by atoms with van der Waals surface area (Å²) >= 11 is 0. The fourth-order valence-corrected chi connectivity index (χ4v) is 1.78. The molecular weight excluding hydrogens is 192 g/mol. The van der Waals surface area contributed by atoms with Gasteiger partial charge in [-0.1, -0.05) is 6.92 Å². The van der Waals surface area contributed by atoms with Gasteiger partial charge in [0.1, 0.15) is 0 Å². The minimum atomic E-state index is 0.0273. The highest BCUT2D eigenvalue weighted by Gasteiger charge is 2.16. The molecule has 0 saturated carbocycles. The molecule has 0 aliphatic carbocycles. The van der Waals surface area contributed by atoms with E-state index in [1.807, 2.05) is 6.92 Å². The van der Waals surface area contributed by atoms with E-state index in [1.54, 1.807) is 0 Å². The normalized spacial score (nSPS) is 22.7. The van der Waals surface area contributed by atoms with Gasteiger partial charge in [-0.2, -0.15) is 0 Å². The number of nitrogens with two attached hydrogens (primary N) is 1. The van der Waals surface area contributed by atoms with Crippen molar-refractivity contribution in [3.63, 3.8) is 0 Å². The van der Waals surface area contributed by atoms with Gasteiger partial charge in [0.25, 0.3) is 0 Å². The lowest BCUT2D eigenvalue weighted by Gasteiger charge is -2.13. The minimum Gasteiger partial charge on any atom is -0.378 e. The highest BCUT2D eigenvalue weighted by Crippen LogP contribution is 2.14. The lowest BCUT2D eigenvalue weighted by molar-refractivity contribution is -0.124. The topological polar surface area (TPSA) is 64.4 Å². The molecule has 0 bridgehead atoms. The molecular formula is C11H22N2O2. The molecule has 1 aliphatic heterocycles. The van der Waals surface area contributed by atoms with Gasteiger partial charge in [0.15, 0.2) is 0 Å². The lowest BCUT2D eigenvalue weighted by atomic mass is 10.1. The first-order valence-corrected chi connectivity index (χ1v) is 5.83. The summed E-state index contributed by atoms with van der Waals surface area (Å²) in [7, 11) is 0. The van der Waals surface area contributed by atoms with Crippen LogP contribution in [0, 0.1) is 5.92 Å². The molecule has 3 N–H and O–H groups in total. The number of amides is 1. The van der Waals surface area contributed by atoms with Gasteiger partial charge in [-0.05, 0) is 32.2 Å². The molecule has 2 atom stereocenters. The minimum absolute atomic E-state index is 0.0273. The highest BCUT2D eigenvalue weighted by atomic mass is 16.5. The van der Waals surface area contributed by atoms with Gasteiger partial charge in [-0.3, -0.25) is 4.79 Å². The van der Waals surface area contributed by atoms with E-state index in [-0.39, 0.29) is 11.8 Å². The van der Waals surface area contributed by atoms with Crippen molar-refractivity contribution < 1.29 is 9.53 Å². The number of hydrogen-bond donors (Lipinski definition) is 2. The second-order valence-corrected chi connectivity index (χ2v) is 4.19. The number of nitrogens with one attached hydrogen (secondary N) is 1. The third kappa shape index (κ3) is 4.62. The molecule has 0 aromatic heterocycles. The van der Waals surface area contributed by atoms with Crippen LogP contribution in [0.25, 0.3) is 0 Å². The predicted molar refractivity (Wildman–Crippen MR) is 59.4 cm³/mol. The third-order valence-corrected chi connectivity index (χ3v) is 2.84. The zero-order valence-electron chi connectivity index (χ0n) is 9.50. The molecule has 88 valence electrons. The molecule has 1 aliphatic rings. The standard InChI is InChI=1S/C11H22N2O2/c1-9(4-6-12)11(14)13-7-5-10-3-2-8-15-10/h9-10H,2-8,12H2,1H3,(H,13,14). The van der Waals surface area contributed by atoms with Crippen molar-refractivity contribution in [2.45, 2.75) is 38.7 Å². The molecule has 4 heteroatoms. The van der Waals surface area contributed by atoms with Crippen LogP contribution in [0.2, 0.25) is 0 Å². The van der Waals surface area contributed by atoms with Crippen molar-refractivity contribution in [1.29, 1.82) is 0 Å². The Morgan fingerprint density at radius 3 is 3.07 bits per heavy atom. The van der Waals surface area contributed by atoms with Crippen molar-refractivity contribution in [2.24, 2.45) is 11.7 Å². The lowest BCUT2D eigenvalue weighted by Crippen LogP contribution is -2.32. The van der Waals surface area contributed by atoms with Crippen LogP contribution in [0.15, 0.2) is 0 Å². The molecule has 15 heavy (non-hydrogen) atoms. The maximum atomic E-state index is 11.5. The average molecular weight is 214 g/mol. The van der Waals surface area contributed by atoms with E-state index in [0.29, 0.717) is 12.6 Å². The Morgan fingerprint density at radius 2 is 2.47 bits per heavy atom. The maximum Gasteiger partial charge on any atom is 0.222 e. The fourth-order valence-electron chi connectivity index (χ4n) is 1.78. The monoisotopic (exact) mass is 214 g/mol. The molecule has 1 fully saturated rings. The first-order valence-electron chi connectivity index (χ1n) is 5.83. The van der Waals surface area contributed by atoms with E-state index < -0.39 is 0 Å². The second kappa shape index (κ2) is 6.80. The Hall–Kier alpha value is -0.610. The summed E-state index contributed by atoms with van der Waals surface area (Å²) in [6.45, 7) is 4.08. The Labute approximate surface area is 91.5 Å². The Bertz CT molecular complexity index is 191. The number of ether oxygens (including phenoxy) is 1. The van der Waals surface area contributed by atoms with E-state index in [0.717, 1.165) is 38.8 Å². The van der Waals surface area contributed by atoms with Gasteiger partial charge in [0.2, 0.25) is 5.91 Å². The summed E-state index contributed by atoms with van der Waals surface area (Å²) in [5.41, 5.74) is 5.40. The average Bonchev–Trinajstić information content (AvgIpc) is 2.71. The molecule has 0 aromatic carbocycles. The van der Waals surface area contributed by atoms with Crippen molar-refractivity contribution in [2.75, 3.05) is 19.7 Å². The SMILES string of the molecule is CC(CCN)C(=O)NCCC1CCCO1. The molecule has 4 nitrogen and oxygen atoms in total. The van der Waals surface area contributed by atoms with E-state index in [1.165, 1.54) is 0 Å². The van der Waals surface area contributed by atoms with Crippen molar-refractivity contribution in [3.05, 3.63) is 0 Å². The fraction of sp³-hybridized carbons (Fsp3) is 0.909. The summed E-state index contributed by atoms with van der Waals surface area (Å²) in [6.07, 6.45) is 4.33. The van der Waals surface area contributed by atoms with E-state index in [9.17, 15) is 4.79 Å². The number of carbonyl (C=O) groups excluding carboxylic acids is 1. The van der Waals surface area contributed by atoms with E-state index in [4.69, 9.17) is 10.5 Å². The smallest absolute Gasteiger partial charge is 0.222 e. The van der Waals surface area contributed by atoms with Crippen LogP contribution in [0.3, 0.4) is 0 Å². The van der Waals surface area contributed by atoms with Crippen LogP contribution in [0.4, 0.5) is 0 Å². The van der Waals surface area contributed by atoms with Gasteiger partial charge in [0.05, 0.1) is 6.10 Å². The Balaban J connectivity index is 2.05. The van der Waals surface area contributed by atoms with E-state index >= 15 is 0 Å². The van der Waals surface area contributed by atoms with Gasteiger partial charge >= 0.3 is 0 Å². The number of hydrogen-bond acceptors (Lipinski definition) is 3. The van der Waals surface area contributed by atoms with Crippen molar-refractivity contribution >= 4 is 5.91 Å². The molecule has 1 saturated heterocycles. The van der Waals surface area contributed by atoms with Gasteiger partial charge in [-0.15, -0.1) is 0 Å². The summed E-state index contributed by atoms with van der Waals surface area (Å²) in [5, 5.41) is 2.92. The summed E-state index contributed by atoms with van der Waals surface area (Å²) in [6, 6.07) is 0. The number of carbonyl (C=O) groups is 1. The van der Waals surface area contributed by atoms with E-state index in [2.05, 4.69) is 5.32 Å².